The van der Waals surface area contributed by atoms with E-state index in [2.05, 4.69) is 4.98 Å². The van der Waals surface area contributed by atoms with E-state index in [4.69, 9.17) is 5.73 Å². The van der Waals surface area contributed by atoms with Crippen molar-refractivity contribution in [3.05, 3.63) is 23.5 Å². The highest BCUT2D eigenvalue weighted by atomic mass is 19.4. The first-order chi connectivity index (χ1) is 5.43. The molecule has 0 aliphatic carbocycles. The molecule has 0 bridgehead atoms. The summed E-state index contributed by atoms with van der Waals surface area (Å²) in [5.74, 6) is 0. The number of hydrogen-bond acceptors (Lipinski definition) is 1. The number of H-pyrrole nitrogens is 1. The number of alkyl halides is 3. The first-order valence-corrected chi connectivity index (χ1v) is 3.39. The fourth-order valence-corrected chi connectivity index (χ4v) is 0.978. The Morgan fingerprint density at radius 2 is 2.08 bits per heavy atom. The summed E-state index contributed by atoms with van der Waals surface area (Å²) in [6.07, 6.45) is -2.93. The van der Waals surface area contributed by atoms with E-state index in [1.165, 1.54) is 12.3 Å². The summed E-state index contributed by atoms with van der Waals surface area (Å²) in [5, 5.41) is 0. The molecule has 0 spiro atoms. The van der Waals surface area contributed by atoms with Crippen molar-refractivity contribution in [3.8, 4) is 0 Å². The van der Waals surface area contributed by atoms with Crippen LogP contribution in [0, 0.1) is 6.92 Å². The average Bonchev–Trinajstić information content (AvgIpc) is 2.31. The lowest BCUT2D eigenvalue weighted by molar-refractivity contribution is -0.149. The molecule has 5 heteroatoms. The highest BCUT2D eigenvalue weighted by Crippen LogP contribution is 2.31. The first-order valence-electron chi connectivity index (χ1n) is 3.39. The maximum absolute atomic E-state index is 12.1. The minimum Gasteiger partial charge on any atom is -0.365 e. The van der Waals surface area contributed by atoms with Crippen molar-refractivity contribution in [3.63, 3.8) is 0 Å². The van der Waals surface area contributed by atoms with Gasteiger partial charge in [0.1, 0.15) is 6.04 Å². The number of hydrogen-bond donors (Lipinski definition) is 2. The topological polar surface area (TPSA) is 41.8 Å². The molecule has 12 heavy (non-hydrogen) atoms. The van der Waals surface area contributed by atoms with Gasteiger partial charge in [-0.1, -0.05) is 0 Å². The molecule has 0 saturated heterocycles. The van der Waals surface area contributed by atoms with Crippen molar-refractivity contribution in [1.29, 1.82) is 0 Å². The number of aromatic amines is 1. The summed E-state index contributed by atoms with van der Waals surface area (Å²) >= 11 is 0. The minimum atomic E-state index is -4.37. The van der Waals surface area contributed by atoms with Gasteiger partial charge in [-0.3, -0.25) is 0 Å². The van der Waals surface area contributed by atoms with E-state index in [0.29, 0.717) is 5.69 Å². The van der Waals surface area contributed by atoms with Gasteiger partial charge in [0.2, 0.25) is 0 Å². The van der Waals surface area contributed by atoms with E-state index in [9.17, 15) is 13.2 Å². The molecular weight excluding hydrogens is 169 g/mol. The molecule has 1 aromatic heterocycles. The first kappa shape index (κ1) is 9.12. The number of nitrogens with two attached hydrogens (primary N) is 1. The van der Waals surface area contributed by atoms with Crippen molar-refractivity contribution >= 4 is 0 Å². The lowest BCUT2D eigenvalue weighted by Crippen LogP contribution is -2.28. The van der Waals surface area contributed by atoms with Crippen LogP contribution in [0.2, 0.25) is 0 Å². The lowest BCUT2D eigenvalue weighted by Gasteiger charge is -2.14. The van der Waals surface area contributed by atoms with Gasteiger partial charge in [-0.15, -0.1) is 0 Å². The number of nitrogens with one attached hydrogen (secondary N) is 1. The minimum absolute atomic E-state index is 0.0995. The Bertz CT molecular complexity index is 264. The van der Waals surface area contributed by atoms with Gasteiger partial charge in [0, 0.05) is 11.9 Å². The fourth-order valence-electron chi connectivity index (χ4n) is 0.978. The second-order valence-corrected chi connectivity index (χ2v) is 2.58. The van der Waals surface area contributed by atoms with Crippen LogP contribution in [0.15, 0.2) is 12.3 Å². The number of rotatable bonds is 1. The van der Waals surface area contributed by atoms with E-state index >= 15 is 0 Å². The number of aryl methyl sites for hydroxylation is 1. The Balaban J connectivity index is 2.92. The van der Waals surface area contributed by atoms with Gasteiger partial charge < -0.3 is 10.7 Å². The molecule has 1 rings (SSSR count). The molecule has 0 fully saturated rings. The Kier molecular flexibility index (Phi) is 2.14. The predicted octanol–water partition coefficient (Wildman–Crippen LogP) is 1.89. The highest BCUT2D eigenvalue weighted by Gasteiger charge is 2.38. The molecule has 68 valence electrons. The molecule has 0 aliphatic heterocycles. The smallest absolute Gasteiger partial charge is 0.365 e. The molecule has 1 unspecified atom stereocenters. The van der Waals surface area contributed by atoms with Crippen molar-refractivity contribution in [2.24, 2.45) is 5.73 Å². The zero-order chi connectivity index (χ0) is 9.35. The van der Waals surface area contributed by atoms with E-state index in [-0.39, 0.29) is 5.56 Å². The van der Waals surface area contributed by atoms with Crippen LogP contribution < -0.4 is 5.73 Å². The number of halogens is 3. The van der Waals surface area contributed by atoms with Crippen molar-refractivity contribution in [1.82, 2.24) is 4.98 Å². The van der Waals surface area contributed by atoms with Gasteiger partial charge in [-0.05, 0) is 18.6 Å². The van der Waals surface area contributed by atoms with Crippen molar-refractivity contribution < 1.29 is 13.2 Å². The normalized spacial score (nSPS) is 14.8. The number of aromatic nitrogens is 1. The molecule has 3 N–H and O–H groups in total. The van der Waals surface area contributed by atoms with Crippen LogP contribution in [0.4, 0.5) is 13.2 Å². The standard InChI is InChI=1S/C7H9F3N2/c1-4-5(2-3-12-4)6(11)7(8,9)10/h2-3,6,12H,11H2,1H3. The summed E-state index contributed by atoms with van der Waals surface area (Å²) in [6.45, 7) is 1.56. The third kappa shape index (κ3) is 1.61. The van der Waals surface area contributed by atoms with Crippen LogP contribution in [0.5, 0.6) is 0 Å². The van der Waals surface area contributed by atoms with E-state index in [1.54, 1.807) is 6.92 Å². The Hall–Kier alpha value is -0.970. The van der Waals surface area contributed by atoms with E-state index < -0.39 is 12.2 Å². The Morgan fingerprint density at radius 3 is 2.42 bits per heavy atom. The summed E-state index contributed by atoms with van der Waals surface area (Å²) in [5.41, 5.74) is 5.53. The maximum atomic E-state index is 12.1. The van der Waals surface area contributed by atoms with E-state index in [0.717, 1.165) is 0 Å². The molecule has 1 heterocycles. The largest absolute Gasteiger partial charge is 0.407 e. The van der Waals surface area contributed by atoms with Crippen LogP contribution >= 0.6 is 0 Å². The highest BCUT2D eigenvalue weighted by molar-refractivity contribution is 5.23. The van der Waals surface area contributed by atoms with Crippen LogP contribution in [-0.4, -0.2) is 11.2 Å². The van der Waals surface area contributed by atoms with Crippen LogP contribution in [-0.2, 0) is 0 Å². The van der Waals surface area contributed by atoms with Gasteiger partial charge in [0.25, 0.3) is 0 Å². The lowest BCUT2D eigenvalue weighted by atomic mass is 10.1. The third-order valence-corrected chi connectivity index (χ3v) is 1.68. The zero-order valence-corrected chi connectivity index (χ0v) is 6.44. The summed E-state index contributed by atoms with van der Waals surface area (Å²) in [7, 11) is 0. The second-order valence-electron chi connectivity index (χ2n) is 2.58. The van der Waals surface area contributed by atoms with Crippen molar-refractivity contribution in [2.45, 2.75) is 19.1 Å². The molecule has 0 saturated carbocycles. The van der Waals surface area contributed by atoms with Gasteiger partial charge in [-0.2, -0.15) is 13.2 Å². The van der Waals surface area contributed by atoms with Gasteiger partial charge in [0.05, 0.1) is 0 Å². The molecule has 1 aromatic rings. The second kappa shape index (κ2) is 2.82. The summed E-state index contributed by atoms with van der Waals surface area (Å²) in [6, 6.07) is -0.545. The van der Waals surface area contributed by atoms with Crippen molar-refractivity contribution in [2.75, 3.05) is 0 Å². The van der Waals surface area contributed by atoms with E-state index in [1.807, 2.05) is 0 Å². The van der Waals surface area contributed by atoms with Crippen LogP contribution in [0.1, 0.15) is 17.3 Å². The zero-order valence-electron chi connectivity index (χ0n) is 6.44. The molecule has 0 aliphatic rings. The predicted molar refractivity (Wildman–Crippen MR) is 38.5 cm³/mol. The monoisotopic (exact) mass is 178 g/mol. The molecule has 1 atom stereocenters. The average molecular weight is 178 g/mol. The van der Waals surface area contributed by atoms with Gasteiger partial charge in [-0.25, -0.2) is 0 Å². The molecule has 0 aromatic carbocycles. The Morgan fingerprint density at radius 1 is 1.50 bits per heavy atom. The van der Waals surface area contributed by atoms with Crippen LogP contribution in [0.3, 0.4) is 0 Å². The van der Waals surface area contributed by atoms with Gasteiger partial charge in [0.15, 0.2) is 0 Å². The fraction of sp³-hybridized carbons (Fsp3) is 0.429. The Labute approximate surface area is 67.6 Å². The quantitative estimate of drug-likeness (QED) is 0.677. The molecule has 0 amide bonds. The maximum Gasteiger partial charge on any atom is 0.407 e. The molecular formula is C7H9F3N2. The summed E-state index contributed by atoms with van der Waals surface area (Å²) < 4.78 is 36.2. The molecule has 2 nitrogen and oxygen atoms in total. The summed E-state index contributed by atoms with van der Waals surface area (Å²) in [4.78, 5) is 2.64. The third-order valence-electron chi connectivity index (χ3n) is 1.68. The van der Waals surface area contributed by atoms with Gasteiger partial charge >= 0.3 is 6.18 Å². The SMILES string of the molecule is Cc1[nH]ccc1C(N)C(F)(F)F. The molecule has 0 radical (unpaired) electrons. The van der Waals surface area contributed by atoms with Crippen LogP contribution in [0.25, 0.3) is 0 Å².